The minimum absolute atomic E-state index is 0. The molecule has 3 aromatic rings. The van der Waals surface area contributed by atoms with Crippen LogP contribution in [0, 0.1) is 12.7 Å². The van der Waals surface area contributed by atoms with Gasteiger partial charge in [-0.15, -0.1) is 0 Å². The first kappa shape index (κ1) is 38.1. The number of carbonyl (C=O) groups excluding carboxylic acids is 2. The third-order valence-corrected chi connectivity index (χ3v) is 6.98. The Hall–Kier alpha value is -3.94. The van der Waals surface area contributed by atoms with Crippen molar-refractivity contribution in [3.8, 4) is 11.3 Å². The van der Waals surface area contributed by atoms with Gasteiger partial charge in [-0.2, -0.15) is 0 Å². The third kappa shape index (κ3) is 12.0. The van der Waals surface area contributed by atoms with E-state index < -0.39 is 6.04 Å². The summed E-state index contributed by atoms with van der Waals surface area (Å²) < 4.78 is 14.4. The highest BCUT2D eigenvalue weighted by Crippen LogP contribution is 2.24. The number of halogens is 1. The summed E-state index contributed by atoms with van der Waals surface area (Å²) in [7, 11) is 0. The Morgan fingerprint density at radius 1 is 1.09 bits per heavy atom. The minimum atomic E-state index is -0.781. The summed E-state index contributed by atoms with van der Waals surface area (Å²) in [6.45, 7) is 21.3. The van der Waals surface area contributed by atoms with Gasteiger partial charge in [0.05, 0.1) is 24.9 Å². The fourth-order valence-electron chi connectivity index (χ4n) is 4.88. The molecule has 1 aliphatic heterocycles. The lowest BCUT2D eigenvalue weighted by Gasteiger charge is -2.37. The van der Waals surface area contributed by atoms with Crippen LogP contribution in [0.5, 0.6) is 0 Å². The van der Waals surface area contributed by atoms with Gasteiger partial charge in [-0.1, -0.05) is 84.5 Å². The first-order valence-corrected chi connectivity index (χ1v) is 16.2. The van der Waals surface area contributed by atoms with Crippen LogP contribution >= 0.6 is 0 Å². The Labute approximate surface area is 267 Å². The molecule has 0 radical (unpaired) electrons. The number of H-pyrrole nitrogens is 1. The zero-order valence-corrected chi connectivity index (χ0v) is 28.1. The second-order valence-corrected chi connectivity index (χ2v) is 10.0. The van der Waals surface area contributed by atoms with E-state index in [9.17, 15) is 14.0 Å². The summed E-state index contributed by atoms with van der Waals surface area (Å²) >= 11 is 0. The lowest BCUT2D eigenvalue weighted by atomic mass is 10.0. The van der Waals surface area contributed by atoms with Gasteiger partial charge >= 0.3 is 0 Å². The highest BCUT2D eigenvalue weighted by Gasteiger charge is 2.26. The van der Waals surface area contributed by atoms with Gasteiger partial charge in [-0.05, 0) is 56.4 Å². The number of rotatable bonds is 10. The van der Waals surface area contributed by atoms with E-state index in [1.54, 1.807) is 12.3 Å². The third-order valence-electron chi connectivity index (χ3n) is 6.98. The molecular weight excluding hydrogens is 553 g/mol. The molecule has 0 unspecified atom stereocenters. The van der Waals surface area contributed by atoms with Crippen molar-refractivity contribution >= 4 is 11.8 Å². The molecular formula is C36H58FN5O2. The van der Waals surface area contributed by atoms with Crippen molar-refractivity contribution < 1.29 is 16.8 Å². The number of piperidine rings is 1. The number of nitrogens with one attached hydrogen (secondary N) is 3. The van der Waals surface area contributed by atoms with Gasteiger partial charge in [0, 0.05) is 33.1 Å². The van der Waals surface area contributed by atoms with E-state index in [1.807, 2.05) is 84.9 Å². The van der Waals surface area contributed by atoms with Crippen LogP contribution in [0.25, 0.3) is 11.3 Å². The molecule has 0 bridgehead atoms. The van der Waals surface area contributed by atoms with Crippen molar-refractivity contribution in [2.45, 2.75) is 106 Å². The number of nitrogens with zero attached hydrogens (tertiary/aromatic N) is 2. The Bertz CT molecular complexity index is 1290. The number of imidazole rings is 1. The zero-order valence-electron chi connectivity index (χ0n) is 28.1. The predicted octanol–water partition coefficient (Wildman–Crippen LogP) is 8.22. The van der Waals surface area contributed by atoms with E-state index in [0.717, 1.165) is 36.2 Å². The maximum atomic E-state index is 14.4. The second kappa shape index (κ2) is 20.9. The van der Waals surface area contributed by atoms with Crippen LogP contribution in [0.3, 0.4) is 0 Å². The Morgan fingerprint density at radius 2 is 1.77 bits per heavy atom. The van der Waals surface area contributed by atoms with Crippen molar-refractivity contribution in [1.82, 2.24) is 25.5 Å². The summed E-state index contributed by atoms with van der Waals surface area (Å²) in [4.78, 5) is 35.8. The van der Waals surface area contributed by atoms with E-state index in [0.29, 0.717) is 29.5 Å². The first-order valence-electron chi connectivity index (χ1n) is 16.2. The molecule has 0 spiro atoms. The molecule has 4 rings (SSSR count). The Balaban J connectivity index is 0. The van der Waals surface area contributed by atoms with Gasteiger partial charge in [0.25, 0.3) is 0 Å². The van der Waals surface area contributed by atoms with Gasteiger partial charge < -0.3 is 20.5 Å². The van der Waals surface area contributed by atoms with Gasteiger partial charge in [0.15, 0.2) is 0 Å². The number of benzene rings is 2. The van der Waals surface area contributed by atoms with Crippen LogP contribution in [-0.4, -0.2) is 45.3 Å². The number of aromatic amines is 1. The highest BCUT2D eigenvalue weighted by molar-refractivity contribution is 5.88. The lowest BCUT2D eigenvalue weighted by Crippen LogP contribution is -2.49. The van der Waals surface area contributed by atoms with Crippen molar-refractivity contribution in [2.75, 3.05) is 6.54 Å². The van der Waals surface area contributed by atoms with Gasteiger partial charge in [0.1, 0.15) is 17.7 Å². The van der Waals surface area contributed by atoms with Crippen molar-refractivity contribution in [1.29, 1.82) is 0 Å². The minimum Gasteiger partial charge on any atom is -0.373 e. The number of likely N-dealkylation sites (tertiary alicyclic amines) is 1. The van der Waals surface area contributed by atoms with Gasteiger partial charge in [-0.3, -0.25) is 9.59 Å². The molecule has 7 nitrogen and oxygen atoms in total. The molecule has 1 fully saturated rings. The topological polar surface area (TPSA) is 90.1 Å². The molecule has 246 valence electrons. The quantitative estimate of drug-likeness (QED) is 0.215. The lowest BCUT2D eigenvalue weighted by molar-refractivity contribution is -0.128. The molecule has 8 heteroatoms. The molecule has 0 saturated carbocycles. The molecule has 0 aliphatic carbocycles. The van der Waals surface area contributed by atoms with Crippen molar-refractivity contribution in [3.63, 3.8) is 0 Å². The normalized spacial score (nSPS) is 14.3. The van der Waals surface area contributed by atoms with E-state index in [4.69, 9.17) is 0 Å². The zero-order chi connectivity index (χ0) is 33.1. The average Bonchev–Trinajstić information content (AvgIpc) is 3.52. The van der Waals surface area contributed by atoms with E-state index >= 15 is 0 Å². The second-order valence-electron chi connectivity index (χ2n) is 10.0. The summed E-state index contributed by atoms with van der Waals surface area (Å²) in [6, 6.07) is 14.0. The first-order chi connectivity index (χ1) is 21.3. The molecule has 1 aliphatic rings. The van der Waals surface area contributed by atoms with E-state index in [1.165, 1.54) is 12.5 Å². The van der Waals surface area contributed by atoms with Crippen LogP contribution in [0.1, 0.15) is 94.0 Å². The maximum Gasteiger partial charge on any atom is 0.243 e. The fourth-order valence-corrected chi connectivity index (χ4v) is 4.88. The summed E-state index contributed by atoms with van der Waals surface area (Å²) in [6.07, 6.45) is 5.39. The van der Waals surface area contributed by atoms with Crippen LogP contribution in [0.4, 0.5) is 4.39 Å². The number of carbonyl (C=O) groups is 2. The van der Waals surface area contributed by atoms with Crippen LogP contribution < -0.4 is 10.6 Å². The van der Waals surface area contributed by atoms with Crippen LogP contribution in [0.15, 0.2) is 67.0 Å². The van der Waals surface area contributed by atoms with Crippen LogP contribution in [0.2, 0.25) is 0 Å². The SMILES string of the molecule is C=C(C[C@H](NC(=O)Cc1ccccc1)C(=O)NCc1ncc(-c2ccc(C)cc2F)[nH]1)N1CCCC[C@@H]1C.CC.CC.CC.[HH].[HH]. The van der Waals surface area contributed by atoms with Gasteiger partial charge in [0.2, 0.25) is 11.8 Å². The fraction of sp³-hybridized carbons (Fsp3) is 0.472. The molecule has 2 heterocycles. The number of hydrogen-bond donors (Lipinski definition) is 3. The molecule has 2 amide bonds. The largest absolute Gasteiger partial charge is 0.373 e. The Kier molecular flexibility index (Phi) is 18.1. The van der Waals surface area contributed by atoms with Crippen LogP contribution in [-0.2, 0) is 22.6 Å². The number of amides is 2. The summed E-state index contributed by atoms with van der Waals surface area (Å²) in [5, 5.41) is 5.79. The Morgan fingerprint density at radius 3 is 2.41 bits per heavy atom. The summed E-state index contributed by atoms with van der Waals surface area (Å²) in [5.41, 5.74) is 3.50. The predicted molar refractivity (Wildman–Crippen MR) is 185 cm³/mol. The average molecular weight is 612 g/mol. The molecule has 1 saturated heterocycles. The maximum absolute atomic E-state index is 14.4. The van der Waals surface area contributed by atoms with E-state index in [2.05, 4.69) is 39.0 Å². The molecule has 2 atom stereocenters. The molecule has 1 aromatic heterocycles. The molecule has 2 aromatic carbocycles. The molecule has 44 heavy (non-hydrogen) atoms. The van der Waals surface area contributed by atoms with Crippen molar-refractivity contribution in [2.24, 2.45) is 0 Å². The number of aromatic nitrogens is 2. The number of hydrogen-bond acceptors (Lipinski definition) is 4. The van der Waals surface area contributed by atoms with Gasteiger partial charge in [-0.25, -0.2) is 9.37 Å². The van der Waals surface area contributed by atoms with Crippen molar-refractivity contribution in [3.05, 3.63) is 89.8 Å². The number of aryl methyl sites for hydroxylation is 1. The standard InChI is InChI=1S/C30H36FN5O2.3C2H6.2H2/c1-20-12-13-24(25(31)15-20)27-18-32-28(34-27)19-33-30(38)26(16-22(3)36-14-8-7-9-21(36)2)35-29(37)17-23-10-5-4-6-11-23;3*1-2;;/h4-6,10-13,15,18,21,26H,3,7-9,14,16-17,19H2,1-2H3,(H,32,34)(H,33,38)(H,35,37);3*1-2H3;2*1H/t21-,26-;;;;;/m0...../s1. The summed E-state index contributed by atoms with van der Waals surface area (Å²) in [5.74, 6) is -0.398. The smallest absolute Gasteiger partial charge is 0.243 e. The monoisotopic (exact) mass is 611 g/mol. The van der Waals surface area contributed by atoms with E-state index in [-0.39, 0.29) is 33.5 Å². The molecule has 3 N–H and O–H groups in total. The highest BCUT2D eigenvalue weighted by atomic mass is 19.1.